The number of aliphatic carboxylic acids is 1. The van der Waals surface area contributed by atoms with Gasteiger partial charge in [-0.05, 0) is 41.0 Å². The van der Waals surface area contributed by atoms with Gasteiger partial charge in [-0.2, -0.15) is 0 Å². The first kappa shape index (κ1) is 19.9. The summed E-state index contributed by atoms with van der Waals surface area (Å²) in [5, 5.41) is 8.32. The molecule has 0 bridgehead atoms. The van der Waals surface area contributed by atoms with Crippen LogP contribution in [0.2, 0.25) is 0 Å². The van der Waals surface area contributed by atoms with E-state index in [-0.39, 0.29) is 21.7 Å². The minimum Gasteiger partial charge on any atom is -0.482 e. The van der Waals surface area contributed by atoms with Crippen molar-refractivity contribution in [2.24, 2.45) is 5.92 Å². The fourth-order valence-corrected chi connectivity index (χ4v) is 1.40. The molecule has 18 heavy (non-hydrogen) atoms. The van der Waals surface area contributed by atoms with Crippen LogP contribution in [0.4, 0.5) is 0 Å². The van der Waals surface area contributed by atoms with Crippen LogP contribution in [-0.4, -0.2) is 45.0 Å². The van der Waals surface area contributed by atoms with Crippen LogP contribution in [0, 0.1) is 5.92 Å². The Morgan fingerprint density at radius 2 is 1.50 bits per heavy atom. The molecule has 1 unspecified atom stereocenters. The van der Waals surface area contributed by atoms with Crippen molar-refractivity contribution < 1.29 is 22.3 Å². The number of carbonyl (C=O) groups is 2. The second kappa shape index (κ2) is 11.7. The SMILES string of the molecule is CC(C)[O][Al][O]C(C)C.CCC(C(C)=O)C(=O)O. The van der Waals surface area contributed by atoms with Crippen molar-refractivity contribution >= 4 is 27.6 Å². The lowest BCUT2D eigenvalue weighted by Crippen LogP contribution is -2.19. The molecule has 0 aliphatic carbocycles. The number of ketones is 1. The molecule has 1 N–H and O–H groups in total. The van der Waals surface area contributed by atoms with E-state index in [0.29, 0.717) is 18.6 Å². The quantitative estimate of drug-likeness (QED) is 0.568. The van der Waals surface area contributed by atoms with Gasteiger partial charge in [-0.3, -0.25) is 9.59 Å². The lowest BCUT2D eigenvalue weighted by molar-refractivity contribution is -0.145. The van der Waals surface area contributed by atoms with Gasteiger partial charge in [0.2, 0.25) is 0 Å². The molecule has 0 heterocycles. The maximum atomic E-state index is 10.4. The van der Waals surface area contributed by atoms with E-state index in [9.17, 15) is 9.59 Å². The van der Waals surface area contributed by atoms with Gasteiger partial charge in [0.15, 0.2) is 0 Å². The molecule has 0 aliphatic rings. The van der Waals surface area contributed by atoms with Gasteiger partial charge in [0.1, 0.15) is 11.7 Å². The van der Waals surface area contributed by atoms with Crippen LogP contribution in [0.3, 0.4) is 0 Å². The van der Waals surface area contributed by atoms with Gasteiger partial charge in [0.25, 0.3) is 0 Å². The molecule has 105 valence electrons. The Morgan fingerprint density at radius 1 is 1.11 bits per heavy atom. The van der Waals surface area contributed by atoms with Crippen molar-refractivity contribution in [3.63, 3.8) is 0 Å². The highest BCUT2D eigenvalue weighted by atomic mass is 27.2. The summed E-state index contributed by atoms with van der Waals surface area (Å²) in [6, 6.07) is 0. The third-order valence-corrected chi connectivity index (χ3v) is 3.16. The van der Waals surface area contributed by atoms with Crippen molar-refractivity contribution in [2.75, 3.05) is 0 Å². The summed E-state index contributed by atoms with van der Waals surface area (Å²) in [4.78, 5) is 20.6. The van der Waals surface area contributed by atoms with Crippen LogP contribution in [0.25, 0.3) is 0 Å². The number of carboxylic acids is 1. The summed E-state index contributed by atoms with van der Waals surface area (Å²) in [5.41, 5.74) is 0. The molecular formula is C12H24AlO5. The maximum Gasteiger partial charge on any atom is 0.668 e. The second-order valence-electron chi connectivity index (χ2n) is 4.38. The first-order chi connectivity index (χ1) is 8.22. The van der Waals surface area contributed by atoms with E-state index in [1.165, 1.54) is 6.92 Å². The molecule has 0 saturated carbocycles. The van der Waals surface area contributed by atoms with Crippen molar-refractivity contribution in [3.05, 3.63) is 0 Å². The molecule has 1 atom stereocenters. The monoisotopic (exact) mass is 275 g/mol. The zero-order valence-corrected chi connectivity index (χ0v) is 13.3. The van der Waals surface area contributed by atoms with Gasteiger partial charge in [-0.25, -0.2) is 0 Å². The lowest BCUT2D eigenvalue weighted by atomic mass is 10.0. The van der Waals surface area contributed by atoms with Crippen molar-refractivity contribution in [2.45, 2.75) is 60.2 Å². The first-order valence-electron chi connectivity index (χ1n) is 6.08. The number of Topliss-reactive ketones (excluding diaryl/α,β-unsaturated/α-hetero) is 1. The van der Waals surface area contributed by atoms with Crippen LogP contribution < -0.4 is 0 Å². The Hall–Kier alpha value is -0.408. The summed E-state index contributed by atoms with van der Waals surface area (Å²) >= 11 is -0.245. The predicted octanol–water partition coefficient (Wildman–Crippen LogP) is 2.06. The van der Waals surface area contributed by atoms with E-state index in [1.54, 1.807) is 6.92 Å². The molecule has 6 heteroatoms. The van der Waals surface area contributed by atoms with Crippen molar-refractivity contribution in [1.82, 2.24) is 0 Å². The topological polar surface area (TPSA) is 72.8 Å². The lowest BCUT2D eigenvalue weighted by Gasteiger charge is -2.09. The van der Waals surface area contributed by atoms with Gasteiger partial charge in [0, 0.05) is 12.2 Å². The summed E-state index contributed by atoms with van der Waals surface area (Å²) in [6.45, 7) is 11.0. The number of carbonyl (C=O) groups excluding carboxylic acids is 1. The fourth-order valence-electron chi connectivity index (χ4n) is 0.890. The summed E-state index contributed by atoms with van der Waals surface area (Å²) < 4.78 is 10.4. The Kier molecular flexibility index (Phi) is 12.9. The highest BCUT2D eigenvalue weighted by Gasteiger charge is 2.19. The molecule has 0 fully saturated rings. The highest BCUT2D eigenvalue weighted by Crippen LogP contribution is 2.02. The molecule has 0 aromatic heterocycles. The molecule has 0 amide bonds. The zero-order valence-electron chi connectivity index (χ0n) is 12.1. The average molecular weight is 275 g/mol. The Labute approximate surface area is 116 Å². The smallest absolute Gasteiger partial charge is 0.482 e. The Bertz CT molecular complexity index is 219. The maximum absolute atomic E-state index is 10.4. The molecule has 0 spiro atoms. The van der Waals surface area contributed by atoms with Crippen LogP contribution in [0.5, 0.6) is 0 Å². The van der Waals surface area contributed by atoms with E-state index < -0.39 is 11.9 Å². The van der Waals surface area contributed by atoms with E-state index >= 15 is 0 Å². The number of rotatable bonds is 7. The van der Waals surface area contributed by atoms with E-state index in [0.717, 1.165) is 0 Å². The van der Waals surface area contributed by atoms with Crippen molar-refractivity contribution in [3.8, 4) is 0 Å². The first-order valence-corrected chi connectivity index (χ1v) is 7.02. The minimum absolute atomic E-state index is 0.245. The summed E-state index contributed by atoms with van der Waals surface area (Å²) in [5.74, 6) is -2.10. The number of hydrogen-bond acceptors (Lipinski definition) is 4. The van der Waals surface area contributed by atoms with E-state index in [1.807, 2.05) is 27.7 Å². The zero-order chi connectivity index (χ0) is 14.7. The average Bonchev–Trinajstić information content (AvgIpc) is 2.16. The standard InChI is InChI=1S/C6H10O3.2C3H7O.Al/c1-3-5(4(2)7)6(8)9;2*1-3(2)4;/h5H,3H2,1-2H3,(H,8,9);2*3H,1-2H3;/q;2*-1;+2. The van der Waals surface area contributed by atoms with E-state index in [4.69, 9.17) is 12.7 Å². The third kappa shape index (κ3) is 13.7. The fraction of sp³-hybridized carbons (Fsp3) is 0.833. The molecule has 0 saturated heterocycles. The summed E-state index contributed by atoms with van der Waals surface area (Å²) in [7, 11) is 0. The second-order valence-corrected chi connectivity index (χ2v) is 5.11. The van der Waals surface area contributed by atoms with Crippen LogP contribution >= 0.6 is 0 Å². The normalized spacial score (nSPS) is 11.8. The Morgan fingerprint density at radius 3 is 1.61 bits per heavy atom. The molecule has 0 aliphatic heterocycles. The van der Waals surface area contributed by atoms with Gasteiger partial charge in [-0.15, -0.1) is 0 Å². The van der Waals surface area contributed by atoms with Gasteiger partial charge in [0.05, 0.1) is 0 Å². The van der Waals surface area contributed by atoms with Gasteiger partial charge < -0.3 is 12.7 Å². The summed E-state index contributed by atoms with van der Waals surface area (Å²) in [6.07, 6.45) is 0.988. The van der Waals surface area contributed by atoms with Gasteiger partial charge in [-0.1, -0.05) is 6.92 Å². The van der Waals surface area contributed by atoms with Crippen LogP contribution in [-0.2, 0) is 17.2 Å². The third-order valence-electron chi connectivity index (χ3n) is 1.85. The van der Waals surface area contributed by atoms with Gasteiger partial charge >= 0.3 is 21.9 Å². The largest absolute Gasteiger partial charge is 0.668 e. The van der Waals surface area contributed by atoms with E-state index in [2.05, 4.69) is 0 Å². The molecule has 0 aromatic carbocycles. The molecule has 5 nitrogen and oxygen atoms in total. The minimum atomic E-state index is -1.02. The molecule has 0 aromatic rings. The highest BCUT2D eigenvalue weighted by molar-refractivity contribution is 6.18. The Balaban J connectivity index is 0. The number of hydrogen-bond donors (Lipinski definition) is 1. The number of carboxylic acid groups (broad SMARTS) is 1. The van der Waals surface area contributed by atoms with Crippen LogP contribution in [0.1, 0.15) is 48.0 Å². The molecule has 1 radical (unpaired) electrons. The van der Waals surface area contributed by atoms with Crippen LogP contribution in [0.15, 0.2) is 0 Å². The predicted molar refractivity (Wildman–Crippen MR) is 70.3 cm³/mol. The van der Waals surface area contributed by atoms with Crippen molar-refractivity contribution in [1.29, 1.82) is 0 Å². The molecule has 0 rings (SSSR count). The molecular weight excluding hydrogens is 251 g/mol.